The van der Waals surface area contributed by atoms with Crippen LogP contribution in [0.15, 0.2) is 36.7 Å². The molecule has 0 radical (unpaired) electrons. The lowest BCUT2D eigenvalue weighted by Gasteiger charge is -2.25. The number of aromatic nitrogens is 2. The second kappa shape index (κ2) is 7.38. The van der Waals surface area contributed by atoms with Crippen molar-refractivity contribution < 1.29 is 19.1 Å². The van der Waals surface area contributed by atoms with Gasteiger partial charge < -0.3 is 10.4 Å². The average molecular weight is 343 g/mol. The van der Waals surface area contributed by atoms with Crippen LogP contribution in [0.2, 0.25) is 0 Å². The van der Waals surface area contributed by atoms with Gasteiger partial charge in [-0.1, -0.05) is 25.0 Å². The Labute approximate surface area is 144 Å². The summed E-state index contributed by atoms with van der Waals surface area (Å²) in [5.41, 5.74) is 0.675. The molecule has 7 heteroatoms. The Balaban J connectivity index is 1.80. The lowest BCUT2D eigenvalue weighted by Crippen LogP contribution is -2.33. The molecule has 3 rings (SSSR count). The Hall–Kier alpha value is -2.83. The Morgan fingerprint density at radius 3 is 2.24 bits per heavy atom. The molecule has 1 atom stereocenters. The van der Waals surface area contributed by atoms with E-state index in [1.54, 1.807) is 12.1 Å². The van der Waals surface area contributed by atoms with Crippen molar-refractivity contribution in [2.75, 3.05) is 0 Å². The molecule has 1 amide bonds. The van der Waals surface area contributed by atoms with Crippen molar-refractivity contribution in [2.45, 2.75) is 31.7 Å². The van der Waals surface area contributed by atoms with Gasteiger partial charge >= 0.3 is 5.97 Å². The van der Waals surface area contributed by atoms with Crippen LogP contribution >= 0.6 is 0 Å². The first-order valence-corrected chi connectivity index (χ1v) is 8.16. The highest BCUT2D eigenvalue weighted by Crippen LogP contribution is 2.35. The minimum atomic E-state index is -1.20. The maximum atomic E-state index is 13.2. The molecular weight excluding hydrogens is 325 g/mol. The monoisotopic (exact) mass is 343 g/mol. The minimum Gasteiger partial charge on any atom is -0.476 e. The van der Waals surface area contributed by atoms with Crippen LogP contribution in [0.4, 0.5) is 4.39 Å². The molecule has 0 saturated heterocycles. The molecule has 2 aromatic rings. The maximum absolute atomic E-state index is 13.2. The van der Waals surface area contributed by atoms with Gasteiger partial charge in [-0.05, 0) is 36.5 Å². The predicted molar refractivity (Wildman–Crippen MR) is 87.6 cm³/mol. The SMILES string of the molecule is O=C(O)c1cnc(C(=O)NC(c2ccc(F)cc2)C2CCCC2)cn1. The Morgan fingerprint density at radius 2 is 1.68 bits per heavy atom. The molecule has 1 aromatic heterocycles. The number of carboxylic acid groups (broad SMARTS) is 1. The van der Waals surface area contributed by atoms with Gasteiger partial charge in [0, 0.05) is 0 Å². The standard InChI is InChI=1S/C18H18FN3O3/c19-13-7-5-12(6-8-13)16(11-3-1-2-4-11)22-17(23)14-9-21-15(10-20-14)18(24)25/h5-11,16H,1-4H2,(H,22,23)(H,24,25). The molecule has 1 heterocycles. The van der Waals surface area contributed by atoms with E-state index in [2.05, 4.69) is 15.3 Å². The van der Waals surface area contributed by atoms with E-state index in [1.807, 2.05) is 0 Å². The molecule has 0 bridgehead atoms. The topological polar surface area (TPSA) is 92.2 Å². The largest absolute Gasteiger partial charge is 0.476 e. The predicted octanol–water partition coefficient (Wildman–Crippen LogP) is 2.98. The summed E-state index contributed by atoms with van der Waals surface area (Å²) in [6, 6.07) is 5.88. The van der Waals surface area contributed by atoms with Crippen LogP contribution in [-0.2, 0) is 0 Å². The van der Waals surface area contributed by atoms with E-state index < -0.39 is 11.9 Å². The first kappa shape index (κ1) is 17.0. The molecule has 6 nitrogen and oxygen atoms in total. The highest BCUT2D eigenvalue weighted by molar-refractivity contribution is 5.93. The van der Waals surface area contributed by atoms with Crippen molar-refractivity contribution in [2.24, 2.45) is 5.92 Å². The van der Waals surface area contributed by atoms with Gasteiger partial charge in [-0.2, -0.15) is 0 Å². The Bertz CT molecular complexity index is 756. The fourth-order valence-corrected chi connectivity index (χ4v) is 3.21. The Kier molecular flexibility index (Phi) is 5.02. The number of hydrogen-bond donors (Lipinski definition) is 2. The number of rotatable bonds is 5. The second-order valence-corrected chi connectivity index (χ2v) is 6.14. The van der Waals surface area contributed by atoms with Gasteiger partial charge in [-0.25, -0.2) is 19.2 Å². The molecule has 1 fully saturated rings. The molecule has 1 unspecified atom stereocenters. The summed E-state index contributed by atoms with van der Waals surface area (Å²) >= 11 is 0. The van der Waals surface area contributed by atoms with Crippen molar-refractivity contribution in [3.63, 3.8) is 0 Å². The smallest absolute Gasteiger partial charge is 0.356 e. The summed E-state index contributed by atoms with van der Waals surface area (Å²) < 4.78 is 13.2. The van der Waals surface area contributed by atoms with E-state index in [4.69, 9.17) is 5.11 Å². The molecule has 1 aromatic carbocycles. The Morgan fingerprint density at radius 1 is 1.08 bits per heavy atom. The fourth-order valence-electron chi connectivity index (χ4n) is 3.21. The van der Waals surface area contributed by atoms with Crippen LogP contribution in [0.25, 0.3) is 0 Å². The first-order chi connectivity index (χ1) is 12.0. The summed E-state index contributed by atoms with van der Waals surface area (Å²) in [4.78, 5) is 30.9. The van der Waals surface area contributed by atoms with E-state index >= 15 is 0 Å². The highest BCUT2D eigenvalue weighted by Gasteiger charge is 2.28. The lowest BCUT2D eigenvalue weighted by atomic mass is 9.91. The minimum absolute atomic E-state index is 0.0510. The molecule has 1 aliphatic carbocycles. The zero-order valence-corrected chi connectivity index (χ0v) is 13.5. The highest BCUT2D eigenvalue weighted by atomic mass is 19.1. The number of amides is 1. The summed E-state index contributed by atoms with van der Waals surface area (Å²) in [7, 11) is 0. The van der Waals surface area contributed by atoms with Gasteiger partial charge in [0.05, 0.1) is 18.4 Å². The molecule has 0 spiro atoms. The third-order valence-electron chi connectivity index (χ3n) is 4.49. The lowest BCUT2D eigenvalue weighted by molar-refractivity contribution is 0.0688. The molecule has 1 saturated carbocycles. The van der Waals surface area contributed by atoms with Gasteiger partial charge in [0.25, 0.3) is 5.91 Å². The summed E-state index contributed by atoms with van der Waals surface area (Å²) in [5, 5.41) is 11.8. The third kappa shape index (κ3) is 3.99. The normalized spacial score (nSPS) is 15.7. The number of carboxylic acids is 1. The molecule has 130 valence electrons. The van der Waals surface area contributed by atoms with E-state index in [0.717, 1.165) is 43.6 Å². The van der Waals surface area contributed by atoms with Gasteiger partial charge in [-0.15, -0.1) is 0 Å². The van der Waals surface area contributed by atoms with Gasteiger partial charge in [0.2, 0.25) is 0 Å². The van der Waals surface area contributed by atoms with Crippen LogP contribution < -0.4 is 5.32 Å². The second-order valence-electron chi connectivity index (χ2n) is 6.14. The average Bonchev–Trinajstić information content (AvgIpc) is 3.15. The molecule has 1 aliphatic rings. The van der Waals surface area contributed by atoms with Crippen LogP contribution in [0.5, 0.6) is 0 Å². The first-order valence-electron chi connectivity index (χ1n) is 8.16. The zero-order valence-electron chi connectivity index (χ0n) is 13.5. The van der Waals surface area contributed by atoms with Crippen LogP contribution in [-0.4, -0.2) is 27.0 Å². The number of carbonyl (C=O) groups is 2. The summed E-state index contributed by atoms with van der Waals surface area (Å²) in [6.07, 6.45) is 6.39. The summed E-state index contributed by atoms with van der Waals surface area (Å²) in [5.74, 6) is -1.67. The van der Waals surface area contributed by atoms with E-state index in [1.165, 1.54) is 12.1 Å². The number of nitrogens with one attached hydrogen (secondary N) is 1. The quantitative estimate of drug-likeness (QED) is 0.871. The molecule has 25 heavy (non-hydrogen) atoms. The van der Waals surface area contributed by atoms with E-state index in [-0.39, 0.29) is 29.2 Å². The number of carbonyl (C=O) groups excluding carboxylic acids is 1. The van der Waals surface area contributed by atoms with Crippen molar-refractivity contribution in [1.82, 2.24) is 15.3 Å². The van der Waals surface area contributed by atoms with Crippen molar-refractivity contribution in [3.8, 4) is 0 Å². The number of benzene rings is 1. The molecule has 0 aliphatic heterocycles. The summed E-state index contributed by atoms with van der Waals surface area (Å²) in [6.45, 7) is 0. The third-order valence-corrected chi connectivity index (χ3v) is 4.49. The van der Waals surface area contributed by atoms with Crippen molar-refractivity contribution in [3.05, 3.63) is 59.4 Å². The van der Waals surface area contributed by atoms with Gasteiger partial charge in [-0.3, -0.25) is 4.79 Å². The number of aromatic carboxylic acids is 1. The number of nitrogens with zero attached hydrogens (tertiary/aromatic N) is 2. The maximum Gasteiger partial charge on any atom is 0.356 e. The van der Waals surface area contributed by atoms with Gasteiger partial charge in [0.15, 0.2) is 5.69 Å². The van der Waals surface area contributed by atoms with Crippen LogP contribution in [0.1, 0.15) is 58.3 Å². The number of halogens is 1. The van der Waals surface area contributed by atoms with Crippen molar-refractivity contribution in [1.29, 1.82) is 0 Å². The molecule has 2 N–H and O–H groups in total. The molecular formula is C18H18FN3O3. The fraction of sp³-hybridized carbons (Fsp3) is 0.333. The zero-order chi connectivity index (χ0) is 17.8. The van der Waals surface area contributed by atoms with Crippen molar-refractivity contribution >= 4 is 11.9 Å². The van der Waals surface area contributed by atoms with Crippen LogP contribution in [0.3, 0.4) is 0 Å². The van der Waals surface area contributed by atoms with E-state index in [9.17, 15) is 14.0 Å². The van der Waals surface area contributed by atoms with Crippen LogP contribution in [0, 0.1) is 11.7 Å². The van der Waals surface area contributed by atoms with E-state index in [0.29, 0.717) is 0 Å². The van der Waals surface area contributed by atoms with Gasteiger partial charge in [0.1, 0.15) is 11.5 Å². The number of hydrogen-bond acceptors (Lipinski definition) is 4.